The highest BCUT2D eigenvalue weighted by atomic mass is 31.2. The Balaban J connectivity index is 0.000000814. The number of aliphatic hydroxyl groups is 1. The van der Waals surface area contributed by atoms with Crippen molar-refractivity contribution in [2.45, 2.75) is 6.42 Å². The van der Waals surface area contributed by atoms with Crippen molar-refractivity contribution in [3.63, 3.8) is 0 Å². The van der Waals surface area contributed by atoms with Crippen molar-refractivity contribution in [1.82, 2.24) is 0 Å². The van der Waals surface area contributed by atoms with Gasteiger partial charge in [0, 0.05) is 23.9 Å². The smallest absolute Gasteiger partial charge is 0.145 e. The summed E-state index contributed by atoms with van der Waals surface area (Å²) in [6.45, 7) is 0. The van der Waals surface area contributed by atoms with E-state index in [1.807, 2.05) is 30.3 Å². The molecule has 0 radical (unpaired) electrons. The summed E-state index contributed by atoms with van der Waals surface area (Å²) >= 11 is 0. The summed E-state index contributed by atoms with van der Waals surface area (Å²) in [7, 11) is -1.60. The van der Waals surface area contributed by atoms with Crippen molar-refractivity contribution in [1.29, 1.82) is 0 Å². The zero-order valence-electron chi connectivity index (χ0n) is 14.7. The highest BCUT2D eigenvalue weighted by molar-refractivity contribution is 7.80. The molecule has 5 rings (SSSR count). The highest BCUT2D eigenvalue weighted by Crippen LogP contribution is 2.52. The number of aliphatic hydroxyl groups excluding tert-OH is 1. The molecule has 2 nitrogen and oxygen atoms in total. The molecular weight excluding hydrogens is 339 g/mol. The van der Waals surface area contributed by atoms with E-state index in [4.69, 9.17) is 5.11 Å². The van der Waals surface area contributed by atoms with Gasteiger partial charge in [0.05, 0.1) is 0 Å². The molecule has 0 saturated heterocycles. The first-order valence-electron chi connectivity index (χ1n) is 8.81. The second-order valence-corrected chi connectivity index (χ2v) is 9.36. The maximum Gasteiger partial charge on any atom is 0.145 e. The molecule has 0 aliphatic carbocycles. The van der Waals surface area contributed by atoms with Crippen molar-refractivity contribution in [2.24, 2.45) is 0 Å². The Labute approximate surface area is 153 Å². The van der Waals surface area contributed by atoms with E-state index < -0.39 is 7.14 Å². The molecule has 130 valence electrons. The van der Waals surface area contributed by atoms with Gasteiger partial charge in [-0.3, -0.25) is 0 Å². The van der Waals surface area contributed by atoms with Crippen LogP contribution in [0.3, 0.4) is 0 Å². The van der Waals surface area contributed by atoms with Crippen molar-refractivity contribution < 1.29 is 9.67 Å². The third-order valence-electron chi connectivity index (χ3n) is 5.20. The van der Waals surface area contributed by atoms with Gasteiger partial charge in [0.2, 0.25) is 0 Å². The van der Waals surface area contributed by atoms with Crippen LogP contribution in [0.5, 0.6) is 0 Å². The highest BCUT2D eigenvalue weighted by Gasteiger charge is 2.37. The molecule has 0 saturated carbocycles. The molecule has 0 spiro atoms. The summed E-state index contributed by atoms with van der Waals surface area (Å²) in [5.74, 6) is 0. The summed E-state index contributed by atoms with van der Waals surface area (Å²) in [6.07, 6.45) is 1.64. The predicted molar refractivity (Wildman–Crippen MR) is 111 cm³/mol. The summed E-state index contributed by atoms with van der Waals surface area (Å²) in [5.41, 5.74) is 1.25. The van der Waals surface area contributed by atoms with E-state index in [1.54, 1.807) is 0 Å². The SMILES string of the molecule is CO.O=[P@]1(c2cccc3ccccc23)CCc2ccc3ccccc3c21. The van der Waals surface area contributed by atoms with E-state index in [9.17, 15) is 4.57 Å². The van der Waals surface area contributed by atoms with Crippen LogP contribution in [0, 0.1) is 0 Å². The molecule has 1 aliphatic heterocycles. The Morgan fingerprint density at radius 2 is 1.35 bits per heavy atom. The number of fused-ring (bicyclic) bond motifs is 4. The molecule has 3 heteroatoms. The molecule has 1 aliphatic rings. The minimum atomic E-state index is -2.60. The lowest BCUT2D eigenvalue weighted by molar-refractivity contribution is 0.399. The average Bonchev–Trinajstić information content (AvgIpc) is 3.07. The van der Waals surface area contributed by atoms with Crippen LogP contribution in [0.25, 0.3) is 21.5 Å². The van der Waals surface area contributed by atoms with E-state index in [0.29, 0.717) is 0 Å². The standard InChI is InChI=1S/C22H17OP.CH4O/c23-24(21-11-5-8-16-6-1-3-9-19(16)21)15-14-18-13-12-17-7-2-4-10-20(17)22(18)24;1-2/h1-13H,14-15H2;2H,1H3/t24-;/m0./s1. The van der Waals surface area contributed by atoms with Gasteiger partial charge in [-0.15, -0.1) is 0 Å². The van der Waals surface area contributed by atoms with Gasteiger partial charge in [0.15, 0.2) is 0 Å². The van der Waals surface area contributed by atoms with Crippen LogP contribution in [-0.4, -0.2) is 18.4 Å². The predicted octanol–water partition coefficient (Wildman–Crippen LogP) is 4.47. The van der Waals surface area contributed by atoms with Gasteiger partial charge < -0.3 is 9.67 Å². The first-order chi connectivity index (χ1) is 12.8. The number of aryl methyl sites for hydroxylation is 1. The summed E-state index contributed by atoms with van der Waals surface area (Å²) in [5, 5.41) is 13.7. The van der Waals surface area contributed by atoms with Crippen LogP contribution < -0.4 is 10.6 Å². The van der Waals surface area contributed by atoms with Gasteiger partial charge in [-0.25, -0.2) is 0 Å². The molecule has 4 aromatic carbocycles. The Morgan fingerprint density at radius 3 is 2.12 bits per heavy atom. The number of rotatable bonds is 1. The zero-order valence-corrected chi connectivity index (χ0v) is 15.6. The van der Waals surface area contributed by atoms with Crippen LogP contribution in [-0.2, 0) is 11.0 Å². The largest absolute Gasteiger partial charge is 0.400 e. The van der Waals surface area contributed by atoms with Crippen molar-refractivity contribution >= 4 is 39.3 Å². The summed E-state index contributed by atoms with van der Waals surface area (Å²) < 4.78 is 14.3. The van der Waals surface area contributed by atoms with Gasteiger partial charge >= 0.3 is 0 Å². The Bertz CT molecular complexity index is 1140. The van der Waals surface area contributed by atoms with Crippen LogP contribution >= 0.6 is 7.14 Å². The molecule has 0 fully saturated rings. The third kappa shape index (κ3) is 2.49. The van der Waals surface area contributed by atoms with E-state index in [-0.39, 0.29) is 0 Å². The van der Waals surface area contributed by atoms with Gasteiger partial charge in [0.1, 0.15) is 7.14 Å². The van der Waals surface area contributed by atoms with Crippen molar-refractivity contribution in [3.8, 4) is 0 Å². The van der Waals surface area contributed by atoms with E-state index >= 15 is 0 Å². The Morgan fingerprint density at radius 1 is 0.731 bits per heavy atom. The van der Waals surface area contributed by atoms with Crippen LogP contribution in [0.2, 0.25) is 0 Å². The van der Waals surface area contributed by atoms with E-state index in [2.05, 4.69) is 48.5 Å². The summed E-state index contributed by atoms with van der Waals surface area (Å²) in [4.78, 5) is 0. The van der Waals surface area contributed by atoms with E-state index in [0.717, 1.165) is 41.1 Å². The van der Waals surface area contributed by atoms with Gasteiger partial charge in [-0.2, -0.15) is 0 Å². The first kappa shape index (κ1) is 17.0. The molecule has 4 aromatic rings. The molecule has 0 aromatic heterocycles. The fourth-order valence-corrected chi connectivity index (χ4v) is 7.51. The quantitative estimate of drug-likeness (QED) is 0.509. The normalized spacial score (nSPS) is 18.4. The van der Waals surface area contributed by atoms with Crippen LogP contribution in [0.1, 0.15) is 5.56 Å². The minimum Gasteiger partial charge on any atom is -0.400 e. The Hall–Kier alpha value is -2.41. The molecular formula is C23H21O2P. The monoisotopic (exact) mass is 360 g/mol. The second-order valence-electron chi connectivity index (χ2n) is 6.51. The molecule has 0 bridgehead atoms. The number of hydrogen-bond acceptors (Lipinski definition) is 2. The van der Waals surface area contributed by atoms with Gasteiger partial charge in [-0.1, -0.05) is 78.9 Å². The fraction of sp³-hybridized carbons (Fsp3) is 0.130. The lowest BCUT2D eigenvalue weighted by atomic mass is 10.1. The summed E-state index contributed by atoms with van der Waals surface area (Å²) in [6, 6.07) is 27.2. The third-order valence-corrected chi connectivity index (χ3v) is 8.47. The lowest BCUT2D eigenvalue weighted by Crippen LogP contribution is -2.16. The van der Waals surface area contributed by atoms with Crippen molar-refractivity contribution in [3.05, 3.63) is 84.4 Å². The molecule has 1 heterocycles. The molecule has 1 N–H and O–H groups in total. The van der Waals surface area contributed by atoms with Gasteiger partial charge in [0.25, 0.3) is 0 Å². The number of benzene rings is 4. The fourth-order valence-electron chi connectivity index (χ4n) is 4.08. The maximum atomic E-state index is 14.3. The molecule has 0 amide bonds. The van der Waals surface area contributed by atoms with Crippen LogP contribution in [0.4, 0.5) is 0 Å². The molecule has 1 atom stereocenters. The average molecular weight is 360 g/mol. The lowest BCUT2D eigenvalue weighted by Gasteiger charge is -2.18. The maximum absolute atomic E-state index is 14.3. The van der Waals surface area contributed by atoms with Gasteiger partial charge in [-0.05, 0) is 33.5 Å². The zero-order chi connectivity index (χ0) is 18.1. The van der Waals surface area contributed by atoms with E-state index in [1.165, 1.54) is 16.3 Å². The van der Waals surface area contributed by atoms with Crippen molar-refractivity contribution in [2.75, 3.05) is 13.3 Å². The second kappa shape index (κ2) is 6.72. The molecule has 0 unspecified atom stereocenters. The minimum absolute atomic E-state index is 0.740. The van der Waals surface area contributed by atoms with Crippen LogP contribution in [0.15, 0.2) is 78.9 Å². The Kier molecular flexibility index (Phi) is 4.40. The first-order valence-corrected chi connectivity index (χ1v) is 10.7. The number of hydrogen-bond donors (Lipinski definition) is 1. The topological polar surface area (TPSA) is 37.3 Å². The molecule has 26 heavy (non-hydrogen) atoms.